The normalized spacial score (nSPS) is 13.3. The molecule has 0 saturated carbocycles. The molecule has 0 saturated heterocycles. The van der Waals surface area contributed by atoms with E-state index in [1.807, 2.05) is 0 Å². The van der Waals surface area contributed by atoms with Gasteiger partial charge < -0.3 is 10.8 Å². The number of rotatable bonds is 2. The fraction of sp³-hybridized carbons (Fsp3) is 0.143. The summed E-state index contributed by atoms with van der Waals surface area (Å²) in [5, 5.41) is 10.1. The Kier molecular flexibility index (Phi) is 3.48. The zero-order valence-electron chi connectivity index (χ0n) is 9.85. The standard InChI is InChI=1S/C14H12F3NO/c15-14(16,17)11-7-3-1-5-9(11)13(19)10-6-2-4-8-12(10)18/h1-8,13,19H,18H2. The van der Waals surface area contributed by atoms with Crippen LogP contribution in [0.25, 0.3) is 0 Å². The minimum absolute atomic E-state index is 0.201. The van der Waals surface area contributed by atoms with E-state index in [4.69, 9.17) is 5.73 Å². The molecule has 2 nitrogen and oxygen atoms in total. The fourth-order valence-electron chi connectivity index (χ4n) is 1.92. The van der Waals surface area contributed by atoms with Crippen LogP contribution in [0.2, 0.25) is 0 Å². The van der Waals surface area contributed by atoms with Crippen LogP contribution in [0.5, 0.6) is 0 Å². The first-order valence-corrected chi connectivity index (χ1v) is 5.60. The third-order valence-electron chi connectivity index (χ3n) is 2.85. The van der Waals surface area contributed by atoms with E-state index in [1.165, 1.54) is 30.3 Å². The van der Waals surface area contributed by atoms with Crippen molar-refractivity contribution in [1.29, 1.82) is 0 Å². The number of alkyl halides is 3. The molecular formula is C14H12F3NO. The highest BCUT2D eigenvalue weighted by Gasteiger charge is 2.35. The molecule has 100 valence electrons. The summed E-state index contributed by atoms with van der Waals surface area (Å²) < 4.78 is 38.6. The monoisotopic (exact) mass is 267 g/mol. The molecule has 0 heterocycles. The van der Waals surface area contributed by atoms with Gasteiger partial charge in [-0.25, -0.2) is 0 Å². The van der Waals surface area contributed by atoms with Crippen molar-refractivity contribution < 1.29 is 18.3 Å². The molecule has 0 aliphatic heterocycles. The van der Waals surface area contributed by atoms with Gasteiger partial charge in [-0.15, -0.1) is 0 Å². The third-order valence-corrected chi connectivity index (χ3v) is 2.85. The van der Waals surface area contributed by atoms with Gasteiger partial charge in [0.05, 0.1) is 5.56 Å². The van der Waals surface area contributed by atoms with E-state index >= 15 is 0 Å². The molecule has 2 rings (SSSR count). The van der Waals surface area contributed by atoms with Crippen molar-refractivity contribution in [2.45, 2.75) is 12.3 Å². The number of nitrogens with two attached hydrogens (primary N) is 1. The summed E-state index contributed by atoms with van der Waals surface area (Å²) in [6.07, 6.45) is -5.92. The maximum Gasteiger partial charge on any atom is 0.416 e. The zero-order valence-corrected chi connectivity index (χ0v) is 9.85. The molecule has 0 radical (unpaired) electrons. The second kappa shape index (κ2) is 4.93. The van der Waals surface area contributed by atoms with Crippen molar-refractivity contribution in [3.05, 3.63) is 65.2 Å². The molecule has 0 amide bonds. The van der Waals surface area contributed by atoms with Crippen molar-refractivity contribution in [3.8, 4) is 0 Å². The van der Waals surface area contributed by atoms with Crippen LogP contribution in [0.4, 0.5) is 18.9 Å². The number of para-hydroxylation sites is 1. The molecule has 0 bridgehead atoms. The van der Waals surface area contributed by atoms with Crippen molar-refractivity contribution in [3.63, 3.8) is 0 Å². The fourth-order valence-corrected chi connectivity index (χ4v) is 1.92. The smallest absolute Gasteiger partial charge is 0.398 e. The molecule has 2 aromatic rings. The van der Waals surface area contributed by atoms with Gasteiger partial charge in [0.2, 0.25) is 0 Å². The van der Waals surface area contributed by atoms with Crippen LogP contribution < -0.4 is 5.73 Å². The topological polar surface area (TPSA) is 46.2 Å². The molecule has 0 aliphatic carbocycles. The Labute approximate surface area is 108 Å². The van der Waals surface area contributed by atoms with Gasteiger partial charge in [0.1, 0.15) is 6.10 Å². The maximum absolute atomic E-state index is 12.9. The van der Waals surface area contributed by atoms with Gasteiger partial charge in [0.15, 0.2) is 0 Å². The first kappa shape index (κ1) is 13.4. The van der Waals surface area contributed by atoms with E-state index in [-0.39, 0.29) is 16.8 Å². The van der Waals surface area contributed by atoms with E-state index in [1.54, 1.807) is 12.1 Å². The highest BCUT2D eigenvalue weighted by atomic mass is 19.4. The lowest BCUT2D eigenvalue weighted by molar-refractivity contribution is -0.139. The zero-order chi connectivity index (χ0) is 14.0. The lowest BCUT2D eigenvalue weighted by atomic mass is 9.95. The van der Waals surface area contributed by atoms with E-state index in [0.29, 0.717) is 0 Å². The van der Waals surface area contributed by atoms with Crippen LogP contribution in [-0.4, -0.2) is 5.11 Å². The van der Waals surface area contributed by atoms with Gasteiger partial charge in [0.25, 0.3) is 0 Å². The number of hydrogen-bond donors (Lipinski definition) is 2. The summed E-state index contributed by atoms with van der Waals surface area (Å²) in [6, 6.07) is 11.2. The predicted molar refractivity (Wildman–Crippen MR) is 66.4 cm³/mol. The quantitative estimate of drug-likeness (QED) is 0.819. The Morgan fingerprint density at radius 3 is 2.00 bits per heavy atom. The van der Waals surface area contributed by atoms with E-state index in [9.17, 15) is 18.3 Å². The van der Waals surface area contributed by atoms with Crippen molar-refractivity contribution >= 4 is 5.69 Å². The van der Waals surface area contributed by atoms with E-state index in [0.717, 1.165) is 6.07 Å². The second-order valence-corrected chi connectivity index (χ2v) is 4.12. The highest BCUT2D eigenvalue weighted by Crippen LogP contribution is 2.37. The minimum atomic E-state index is -4.51. The molecule has 5 heteroatoms. The molecule has 0 aromatic heterocycles. The van der Waals surface area contributed by atoms with Gasteiger partial charge in [-0.1, -0.05) is 36.4 Å². The molecule has 0 spiro atoms. The lowest BCUT2D eigenvalue weighted by Crippen LogP contribution is -2.13. The Balaban J connectivity index is 2.51. The molecule has 3 N–H and O–H groups in total. The summed E-state index contributed by atoms with van der Waals surface area (Å²) in [5.41, 5.74) is 5.14. The number of aliphatic hydroxyl groups excluding tert-OH is 1. The molecule has 0 aliphatic rings. The summed E-state index contributed by atoms with van der Waals surface area (Å²) in [5.74, 6) is 0. The van der Waals surface area contributed by atoms with Crippen LogP contribution in [0, 0.1) is 0 Å². The number of anilines is 1. The van der Waals surface area contributed by atoms with Crippen LogP contribution in [0.3, 0.4) is 0 Å². The van der Waals surface area contributed by atoms with Gasteiger partial charge in [-0.2, -0.15) is 13.2 Å². The average Bonchev–Trinajstić information content (AvgIpc) is 2.37. The molecule has 19 heavy (non-hydrogen) atoms. The van der Waals surface area contributed by atoms with Gasteiger partial charge >= 0.3 is 6.18 Å². The van der Waals surface area contributed by atoms with Crippen LogP contribution in [0.15, 0.2) is 48.5 Å². The largest absolute Gasteiger partial charge is 0.416 e. The molecule has 1 atom stereocenters. The number of halogens is 3. The van der Waals surface area contributed by atoms with Crippen LogP contribution in [0.1, 0.15) is 22.8 Å². The lowest BCUT2D eigenvalue weighted by Gasteiger charge is -2.18. The Hall–Kier alpha value is -2.01. The van der Waals surface area contributed by atoms with E-state index in [2.05, 4.69) is 0 Å². The third kappa shape index (κ3) is 2.71. The summed E-state index contributed by atoms with van der Waals surface area (Å²) >= 11 is 0. The van der Waals surface area contributed by atoms with Crippen molar-refractivity contribution in [2.24, 2.45) is 0 Å². The molecule has 1 unspecified atom stereocenters. The SMILES string of the molecule is Nc1ccccc1C(O)c1ccccc1C(F)(F)F. The molecule has 0 fully saturated rings. The van der Waals surface area contributed by atoms with Crippen LogP contribution >= 0.6 is 0 Å². The average molecular weight is 267 g/mol. The minimum Gasteiger partial charge on any atom is -0.398 e. The van der Waals surface area contributed by atoms with Gasteiger partial charge in [-0.05, 0) is 17.7 Å². The number of benzene rings is 2. The van der Waals surface area contributed by atoms with Gasteiger partial charge in [-0.3, -0.25) is 0 Å². The molecular weight excluding hydrogens is 255 g/mol. The first-order chi connectivity index (χ1) is 8.91. The Morgan fingerprint density at radius 2 is 1.42 bits per heavy atom. The Bertz CT molecular complexity index is 581. The second-order valence-electron chi connectivity index (χ2n) is 4.12. The number of nitrogen functional groups attached to an aromatic ring is 1. The molecule has 2 aromatic carbocycles. The maximum atomic E-state index is 12.9. The summed E-state index contributed by atoms with van der Waals surface area (Å²) in [6.45, 7) is 0. The van der Waals surface area contributed by atoms with Gasteiger partial charge in [0, 0.05) is 11.3 Å². The first-order valence-electron chi connectivity index (χ1n) is 5.60. The van der Waals surface area contributed by atoms with E-state index < -0.39 is 17.8 Å². The summed E-state index contributed by atoms with van der Waals surface area (Å²) in [7, 11) is 0. The number of aliphatic hydroxyl groups is 1. The highest BCUT2D eigenvalue weighted by molar-refractivity contribution is 5.51. The van der Waals surface area contributed by atoms with Crippen LogP contribution in [-0.2, 0) is 6.18 Å². The Morgan fingerprint density at radius 1 is 0.895 bits per heavy atom. The predicted octanol–water partition coefficient (Wildman–Crippen LogP) is 3.37. The van der Waals surface area contributed by atoms with Crippen molar-refractivity contribution in [1.82, 2.24) is 0 Å². The van der Waals surface area contributed by atoms with Crippen molar-refractivity contribution in [2.75, 3.05) is 5.73 Å². The number of hydrogen-bond acceptors (Lipinski definition) is 2. The summed E-state index contributed by atoms with van der Waals surface area (Å²) in [4.78, 5) is 0.